The molecule has 0 aromatic heterocycles. The first kappa shape index (κ1) is 15.2. The van der Waals surface area contributed by atoms with Crippen LogP contribution in [0.1, 0.15) is 36.5 Å². The number of hydrogen-bond donors (Lipinski definition) is 3. The van der Waals surface area contributed by atoms with Gasteiger partial charge in [0.15, 0.2) is 0 Å². The Balaban J connectivity index is 1.88. The topological polar surface area (TPSA) is 93.4 Å². The summed E-state index contributed by atoms with van der Waals surface area (Å²) < 4.78 is 4.95. The molecule has 114 valence electrons. The van der Waals surface area contributed by atoms with E-state index >= 15 is 0 Å². The van der Waals surface area contributed by atoms with Crippen LogP contribution in [0.5, 0.6) is 0 Å². The summed E-state index contributed by atoms with van der Waals surface area (Å²) in [7, 11) is 0. The maximum atomic E-state index is 11.7. The van der Waals surface area contributed by atoms with Gasteiger partial charge in [-0.2, -0.15) is 0 Å². The summed E-state index contributed by atoms with van der Waals surface area (Å²) in [6.07, 6.45) is 2.53. The molecular weight excluding hydrogens is 270 g/mol. The Morgan fingerprint density at radius 2 is 2.14 bits per heavy atom. The lowest BCUT2D eigenvalue weighted by molar-refractivity contribution is -0.120. The lowest BCUT2D eigenvalue weighted by Crippen LogP contribution is -2.27. The Hall–Kier alpha value is -2.24. The van der Waals surface area contributed by atoms with Gasteiger partial charge in [-0.1, -0.05) is 6.07 Å². The highest BCUT2D eigenvalue weighted by molar-refractivity contribution is 5.98. The van der Waals surface area contributed by atoms with Crippen molar-refractivity contribution in [3.63, 3.8) is 0 Å². The maximum Gasteiger partial charge on any atom is 0.340 e. The number of nitrogens with one attached hydrogen (secondary N) is 2. The molecule has 6 heteroatoms. The van der Waals surface area contributed by atoms with Crippen LogP contribution in [0.2, 0.25) is 0 Å². The predicted molar refractivity (Wildman–Crippen MR) is 81.1 cm³/mol. The molecule has 0 spiro atoms. The van der Waals surface area contributed by atoms with Crippen LogP contribution in [0.15, 0.2) is 18.2 Å². The first-order valence-electron chi connectivity index (χ1n) is 7.20. The van der Waals surface area contributed by atoms with E-state index in [1.54, 1.807) is 25.1 Å². The van der Waals surface area contributed by atoms with E-state index < -0.39 is 5.97 Å². The Morgan fingerprint density at radius 3 is 2.81 bits per heavy atom. The molecule has 0 saturated heterocycles. The molecule has 1 aliphatic carbocycles. The Labute approximate surface area is 124 Å². The summed E-state index contributed by atoms with van der Waals surface area (Å²) in [6, 6.07) is 5.50. The van der Waals surface area contributed by atoms with Crippen molar-refractivity contribution < 1.29 is 14.3 Å². The van der Waals surface area contributed by atoms with Gasteiger partial charge in [0.1, 0.15) is 0 Å². The quantitative estimate of drug-likeness (QED) is 0.523. The molecule has 4 N–H and O–H groups in total. The first-order valence-corrected chi connectivity index (χ1v) is 7.20. The number of nitrogens with two attached hydrogens (primary N) is 1. The minimum atomic E-state index is -0.440. The van der Waals surface area contributed by atoms with E-state index in [0.717, 1.165) is 12.8 Å². The lowest BCUT2D eigenvalue weighted by atomic mass is 10.1. The number of benzene rings is 1. The van der Waals surface area contributed by atoms with Crippen molar-refractivity contribution in [1.82, 2.24) is 5.32 Å². The largest absolute Gasteiger partial charge is 0.462 e. The molecule has 1 fully saturated rings. The Kier molecular flexibility index (Phi) is 5.03. The molecule has 0 heterocycles. The summed E-state index contributed by atoms with van der Waals surface area (Å²) in [5.74, 6) is -0.407. The van der Waals surface area contributed by atoms with Gasteiger partial charge in [-0.3, -0.25) is 4.79 Å². The van der Waals surface area contributed by atoms with Crippen molar-refractivity contribution in [1.29, 1.82) is 0 Å². The zero-order valence-corrected chi connectivity index (χ0v) is 12.1. The molecule has 1 aromatic rings. The van der Waals surface area contributed by atoms with Crippen LogP contribution >= 0.6 is 0 Å². The Morgan fingerprint density at radius 1 is 1.38 bits per heavy atom. The fourth-order valence-corrected chi connectivity index (χ4v) is 1.94. The van der Waals surface area contributed by atoms with Gasteiger partial charge in [-0.25, -0.2) is 4.79 Å². The molecule has 1 amide bonds. The predicted octanol–water partition coefficient (Wildman–Crippen LogP) is 1.53. The average Bonchev–Trinajstić information content (AvgIpc) is 3.25. The van der Waals surface area contributed by atoms with Gasteiger partial charge < -0.3 is 21.1 Å². The minimum absolute atomic E-state index is 0.0325. The second-order valence-electron chi connectivity index (χ2n) is 5.01. The fourth-order valence-electron chi connectivity index (χ4n) is 1.94. The van der Waals surface area contributed by atoms with Gasteiger partial charge in [-0.05, 0) is 31.9 Å². The highest BCUT2D eigenvalue weighted by Gasteiger charge is 2.22. The third-order valence-electron chi connectivity index (χ3n) is 3.21. The maximum absolute atomic E-state index is 11.7. The number of rotatable bonds is 7. The van der Waals surface area contributed by atoms with E-state index in [1.807, 2.05) is 0 Å². The first-order chi connectivity index (χ1) is 10.1. The van der Waals surface area contributed by atoms with Crippen molar-refractivity contribution in [2.45, 2.75) is 32.2 Å². The van der Waals surface area contributed by atoms with Gasteiger partial charge in [0.25, 0.3) is 0 Å². The smallest absolute Gasteiger partial charge is 0.340 e. The molecule has 1 aliphatic rings. The monoisotopic (exact) mass is 291 g/mol. The molecule has 1 saturated carbocycles. The second kappa shape index (κ2) is 6.97. The Bertz CT molecular complexity index is 527. The number of carbonyl (C=O) groups is 2. The molecule has 21 heavy (non-hydrogen) atoms. The number of ether oxygens (including phenoxy) is 1. The average molecular weight is 291 g/mol. The molecule has 0 atom stereocenters. The van der Waals surface area contributed by atoms with Gasteiger partial charge in [0.05, 0.1) is 23.5 Å². The van der Waals surface area contributed by atoms with Gasteiger partial charge >= 0.3 is 5.97 Å². The zero-order chi connectivity index (χ0) is 15.2. The summed E-state index contributed by atoms with van der Waals surface area (Å²) in [4.78, 5) is 23.3. The molecule has 0 aliphatic heterocycles. The summed E-state index contributed by atoms with van der Waals surface area (Å²) in [5.41, 5.74) is 7.28. The van der Waals surface area contributed by atoms with Crippen LogP contribution in [0, 0.1) is 0 Å². The van der Waals surface area contributed by atoms with Crippen LogP contribution in [-0.2, 0) is 9.53 Å². The van der Waals surface area contributed by atoms with Crippen molar-refractivity contribution in [2.24, 2.45) is 0 Å². The molecule has 0 unspecified atom stereocenters. The summed E-state index contributed by atoms with van der Waals surface area (Å²) in [6.45, 7) is 2.51. The molecule has 2 rings (SSSR count). The molecule has 0 radical (unpaired) electrons. The van der Waals surface area contributed by atoms with E-state index in [1.165, 1.54) is 0 Å². The molecule has 6 nitrogen and oxygen atoms in total. The van der Waals surface area contributed by atoms with Crippen LogP contribution < -0.4 is 16.4 Å². The van der Waals surface area contributed by atoms with Crippen molar-refractivity contribution in [2.75, 3.05) is 24.2 Å². The highest BCUT2D eigenvalue weighted by Crippen LogP contribution is 2.23. The van der Waals surface area contributed by atoms with Crippen LogP contribution in [0.4, 0.5) is 11.4 Å². The molecule has 0 bridgehead atoms. The van der Waals surface area contributed by atoms with E-state index in [9.17, 15) is 9.59 Å². The number of esters is 1. The van der Waals surface area contributed by atoms with Crippen LogP contribution in [0.25, 0.3) is 0 Å². The number of para-hydroxylation sites is 1. The van der Waals surface area contributed by atoms with E-state index in [4.69, 9.17) is 10.5 Å². The third kappa shape index (κ3) is 4.37. The number of carbonyl (C=O) groups excluding carboxylic acids is 2. The van der Waals surface area contributed by atoms with Crippen LogP contribution in [0.3, 0.4) is 0 Å². The number of amides is 1. The van der Waals surface area contributed by atoms with Crippen molar-refractivity contribution in [3.05, 3.63) is 23.8 Å². The van der Waals surface area contributed by atoms with Gasteiger partial charge in [-0.15, -0.1) is 0 Å². The third-order valence-corrected chi connectivity index (χ3v) is 3.21. The minimum Gasteiger partial charge on any atom is -0.462 e. The van der Waals surface area contributed by atoms with Crippen molar-refractivity contribution >= 4 is 23.3 Å². The van der Waals surface area contributed by atoms with Gasteiger partial charge in [0.2, 0.25) is 5.91 Å². The highest BCUT2D eigenvalue weighted by atomic mass is 16.5. The normalized spacial score (nSPS) is 13.6. The molecule has 1 aromatic carbocycles. The second-order valence-corrected chi connectivity index (χ2v) is 5.01. The number of hydrogen-bond acceptors (Lipinski definition) is 5. The molecular formula is C15H21N3O3. The van der Waals surface area contributed by atoms with Gasteiger partial charge in [0, 0.05) is 19.0 Å². The van der Waals surface area contributed by atoms with E-state index in [2.05, 4.69) is 10.6 Å². The summed E-state index contributed by atoms with van der Waals surface area (Å²) in [5, 5.41) is 6.00. The summed E-state index contributed by atoms with van der Waals surface area (Å²) >= 11 is 0. The van der Waals surface area contributed by atoms with Crippen molar-refractivity contribution in [3.8, 4) is 0 Å². The standard InChI is InChI=1S/C15H21N3O3/c1-2-21-15(20)11-4-3-5-12(14(11)16)17-9-8-13(19)18-10-6-7-10/h3-5,10,17H,2,6-9,16H2,1H3,(H,18,19). The fraction of sp³-hybridized carbons (Fsp3) is 0.467. The zero-order valence-electron chi connectivity index (χ0n) is 12.1. The SMILES string of the molecule is CCOC(=O)c1cccc(NCCC(=O)NC2CC2)c1N. The number of nitrogen functional groups attached to an aromatic ring is 1. The van der Waals surface area contributed by atoms with E-state index in [0.29, 0.717) is 42.6 Å². The van der Waals surface area contributed by atoms with Crippen LogP contribution in [-0.4, -0.2) is 31.1 Å². The lowest BCUT2D eigenvalue weighted by Gasteiger charge is -2.12. The van der Waals surface area contributed by atoms with E-state index in [-0.39, 0.29) is 5.91 Å². The number of anilines is 2.